The number of nitrogens with one attached hydrogen (secondary N) is 2. The average molecular weight is 376 g/mol. The van der Waals surface area contributed by atoms with Gasteiger partial charge >= 0.3 is 0 Å². The lowest BCUT2D eigenvalue weighted by molar-refractivity contribution is 0.1000. The monoisotopic (exact) mass is 375 g/mol. The van der Waals surface area contributed by atoms with Gasteiger partial charge in [0.15, 0.2) is 0 Å². The second kappa shape index (κ2) is 6.87. The van der Waals surface area contributed by atoms with Gasteiger partial charge in [-0.25, -0.2) is 13.1 Å². The zero-order valence-corrected chi connectivity index (χ0v) is 13.8. The number of carbonyl (C=O) groups excluding carboxylic acids is 1. The molecule has 1 aliphatic rings. The second-order valence-corrected chi connectivity index (χ2v) is 7.70. The van der Waals surface area contributed by atoms with E-state index in [1.165, 1.54) is 18.2 Å². The van der Waals surface area contributed by atoms with Crippen molar-refractivity contribution < 1.29 is 13.2 Å². The third kappa shape index (κ3) is 4.50. The standard InChI is InChI=1S/C13H18BrN3O3S/c14-10-6-9(13(15)18)7-12(8-10)21(19,20)17-5-3-11-2-1-4-16-11/h6-8,11,16-17H,1-5H2,(H2,15,18)/t11-/m1/s1. The number of halogens is 1. The third-order valence-electron chi connectivity index (χ3n) is 3.41. The summed E-state index contributed by atoms with van der Waals surface area (Å²) in [6, 6.07) is 4.59. The molecule has 1 fully saturated rings. The minimum Gasteiger partial charge on any atom is -0.366 e. The van der Waals surface area contributed by atoms with Gasteiger partial charge in [-0.05, 0) is 44.0 Å². The highest BCUT2D eigenvalue weighted by Gasteiger charge is 2.18. The lowest BCUT2D eigenvalue weighted by Gasteiger charge is -2.12. The van der Waals surface area contributed by atoms with Crippen molar-refractivity contribution in [3.8, 4) is 0 Å². The molecular weight excluding hydrogens is 358 g/mol. The highest BCUT2D eigenvalue weighted by Crippen LogP contribution is 2.19. The van der Waals surface area contributed by atoms with Crippen molar-refractivity contribution >= 4 is 31.9 Å². The number of hydrogen-bond acceptors (Lipinski definition) is 4. The first-order valence-corrected chi connectivity index (χ1v) is 8.99. The number of hydrogen-bond donors (Lipinski definition) is 3. The van der Waals surface area contributed by atoms with Crippen LogP contribution in [0.15, 0.2) is 27.6 Å². The lowest BCUT2D eigenvalue weighted by atomic mass is 10.2. The van der Waals surface area contributed by atoms with Crippen LogP contribution >= 0.6 is 15.9 Å². The second-order valence-electron chi connectivity index (χ2n) is 5.02. The minimum atomic E-state index is -3.65. The summed E-state index contributed by atoms with van der Waals surface area (Å²) in [4.78, 5) is 11.2. The molecule has 0 spiro atoms. The summed E-state index contributed by atoms with van der Waals surface area (Å²) in [5, 5.41) is 3.31. The number of nitrogens with two attached hydrogens (primary N) is 1. The molecule has 6 nitrogen and oxygen atoms in total. The van der Waals surface area contributed by atoms with Crippen LogP contribution in [0.3, 0.4) is 0 Å². The van der Waals surface area contributed by atoms with Crippen molar-refractivity contribution in [1.29, 1.82) is 0 Å². The largest absolute Gasteiger partial charge is 0.366 e. The van der Waals surface area contributed by atoms with Crippen LogP contribution < -0.4 is 15.8 Å². The molecule has 1 aliphatic heterocycles. The Hall–Kier alpha value is -0.960. The number of sulfonamides is 1. The Morgan fingerprint density at radius 1 is 1.43 bits per heavy atom. The molecule has 0 aromatic heterocycles. The lowest BCUT2D eigenvalue weighted by Crippen LogP contribution is -2.30. The highest BCUT2D eigenvalue weighted by atomic mass is 79.9. The van der Waals surface area contributed by atoms with E-state index in [2.05, 4.69) is 26.0 Å². The van der Waals surface area contributed by atoms with Gasteiger partial charge in [-0.2, -0.15) is 0 Å². The molecule has 0 radical (unpaired) electrons. The summed E-state index contributed by atoms with van der Waals surface area (Å²) in [5.74, 6) is -0.664. The van der Waals surface area contributed by atoms with Gasteiger partial charge < -0.3 is 11.1 Å². The van der Waals surface area contributed by atoms with E-state index in [4.69, 9.17) is 5.73 Å². The first kappa shape index (κ1) is 16.4. The number of carbonyl (C=O) groups is 1. The van der Waals surface area contributed by atoms with Crippen LogP contribution in [0.4, 0.5) is 0 Å². The molecule has 1 aromatic carbocycles. The van der Waals surface area contributed by atoms with Crippen molar-refractivity contribution in [1.82, 2.24) is 10.0 Å². The Kier molecular flexibility index (Phi) is 5.37. The van der Waals surface area contributed by atoms with Crippen LogP contribution in [0, 0.1) is 0 Å². The van der Waals surface area contributed by atoms with E-state index >= 15 is 0 Å². The summed E-state index contributed by atoms with van der Waals surface area (Å²) in [6.45, 7) is 1.35. The molecule has 2 rings (SSSR count). The predicted octanol–water partition coefficient (Wildman–Crippen LogP) is 0.968. The van der Waals surface area contributed by atoms with Gasteiger partial charge in [0.25, 0.3) is 0 Å². The zero-order chi connectivity index (χ0) is 15.5. The van der Waals surface area contributed by atoms with E-state index in [1.807, 2.05) is 0 Å². The van der Waals surface area contributed by atoms with Crippen LogP contribution in [-0.2, 0) is 10.0 Å². The fourth-order valence-corrected chi connectivity index (χ4v) is 4.08. The van der Waals surface area contributed by atoms with E-state index in [0.29, 0.717) is 17.1 Å². The van der Waals surface area contributed by atoms with Crippen LogP contribution in [0.1, 0.15) is 29.6 Å². The zero-order valence-electron chi connectivity index (χ0n) is 11.4. The molecule has 1 heterocycles. The van der Waals surface area contributed by atoms with Gasteiger partial charge in [0, 0.05) is 22.6 Å². The summed E-state index contributed by atoms with van der Waals surface area (Å²) in [7, 11) is -3.65. The Labute approximate surface area is 132 Å². The average Bonchev–Trinajstić information content (AvgIpc) is 2.91. The summed E-state index contributed by atoms with van der Waals surface area (Å²) in [6.07, 6.45) is 2.95. The van der Waals surface area contributed by atoms with Gasteiger partial charge in [-0.3, -0.25) is 4.79 Å². The third-order valence-corrected chi connectivity index (χ3v) is 5.31. The van der Waals surface area contributed by atoms with E-state index in [-0.39, 0.29) is 10.5 Å². The van der Waals surface area contributed by atoms with E-state index in [1.54, 1.807) is 0 Å². The number of benzene rings is 1. The van der Waals surface area contributed by atoms with Crippen molar-refractivity contribution in [3.05, 3.63) is 28.2 Å². The van der Waals surface area contributed by atoms with Gasteiger partial charge in [-0.1, -0.05) is 15.9 Å². The molecule has 21 heavy (non-hydrogen) atoms. The van der Waals surface area contributed by atoms with Crippen molar-refractivity contribution in [3.63, 3.8) is 0 Å². The van der Waals surface area contributed by atoms with E-state index in [0.717, 1.165) is 25.8 Å². The van der Waals surface area contributed by atoms with Crippen molar-refractivity contribution in [2.24, 2.45) is 5.73 Å². The van der Waals surface area contributed by atoms with E-state index < -0.39 is 15.9 Å². The molecular formula is C13H18BrN3O3S. The van der Waals surface area contributed by atoms with E-state index in [9.17, 15) is 13.2 Å². The van der Waals surface area contributed by atoms with Crippen molar-refractivity contribution in [2.75, 3.05) is 13.1 Å². The Morgan fingerprint density at radius 2 is 2.19 bits per heavy atom. The highest BCUT2D eigenvalue weighted by molar-refractivity contribution is 9.10. The van der Waals surface area contributed by atoms with Crippen LogP contribution in [-0.4, -0.2) is 33.5 Å². The fourth-order valence-electron chi connectivity index (χ4n) is 2.31. The van der Waals surface area contributed by atoms with Crippen LogP contribution in [0.25, 0.3) is 0 Å². The number of rotatable bonds is 6. The summed E-state index contributed by atoms with van der Waals surface area (Å²) >= 11 is 3.19. The van der Waals surface area contributed by atoms with Gasteiger partial charge in [0.05, 0.1) is 4.90 Å². The molecule has 1 saturated heterocycles. The molecule has 4 N–H and O–H groups in total. The molecule has 1 aromatic rings. The Morgan fingerprint density at radius 3 is 2.81 bits per heavy atom. The quantitative estimate of drug-likeness (QED) is 0.689. The Balaban J connectivity index is 2.06. The molecule has 116 valence electrons. The molecule has 1 amide bonds. The van der Waals surface area contributed by atoms with Gasteiger partial charge in [0.1, 0.15) is 0 Å². The van der Waals surface area contributed by atoms with Crippen molar-refractivity contribution in [2.45, 2.75) is 30.2 Å². The summed E-state index contributed by atoms with van der Waals surface area (Å²) in [5.41, 5.74) is 5.35. The minimum absolute atomic E-state index is 0.0325. The normalized spacial score (nSPS) is 18.8. The smallest absolute Gasteiger partial charge is 0.248 e. The first-order chi connectivity index (χ1) is 9.88. The molecule has 8 heteroatoms. The number of amides is 1. The summed E-state index contributed by atoms with van der Waals surface area (Å²) < 4.78 is 27.5. The molecule has 0 saturated carbocycles. The maximum atomic E-state index is 12.2. The topological polar surface area (TPSA) is 101 Å². The molecule has 1 atom stereocenters. The van der Waals surface area contributed by atoms with Crippen LogP contribution in [0.2, 0.25) is 0 Å². The van der Waals surface area contributed by atoms with Crippen LogP contribution in [0.5, 0.6) is 0 Å². The maximum absolute atomic E-state index is 12.2. The fraction of sp³-hybridized carbons (Fsp3) is 0.462. The SMILES string of the molecule is NC(=O)c1cc(Br)cc(S(=O)(=O)NCC[C@H]2CCCN2)c1. The molecule has 0 aliphatic carbocycles. The first-order valence-electron chi connectivity index (χ1n) is 6.72. The maximum Gasteiger partial charge on any atom is 0.248 e. The number of primary amides is 1. The molecule has 0 bridgehead atoms. The predicted molar refractivity (Wildman–Crippen MR) is 83.5 cm³/mol. The Bertz CT molecular complexity index is 628. The molecule has 0 unspecified atom stereocenters. The van der Waals surface area contributed by atoms with Gasteiger partial charge in [0.2, 0.25) is 15.9 Å². The van der Waals surface area contributed by atoms with Gasteiger partial charge in [-0.15, -0.1) is 0 Å².